The summed E-state index contributed by atoms with van der Waals surface area (Å²) in [4.78, 5) is 4.06. The topological polar surface area (TPSA) is 12.4 Å². The molecule has 56 valence electrons. The molecule has 0 amide bonds. The first kappa shape index (κ1) is 7.52. The zero-order valence-electron chi connectivity index (χ0n) is 7.02. The fourth-order valence-electron chi connectivity index (χ4n) is 1.18. The van der Waals surface area contributed by atoms with Crippen molar-refractivity contribution < 1.29 is 0 Å². The van der Waals surface area contributed by atoms with Crippen LogP contribution in [-0.4, -0.2) is 6.21 Å². The zero-order chi connectivity index (χ0) is 7.61. The second-order valence-electron chi connectivity index (χ2n) is 4.06. The third-order valence-corrected chi connectivity index (χ3v) is 1.47. The van der Waals surface area contributed by atoms with E-state index in [4.69, 9.17) is 0 Å². The van der Waals surface area contributed by atoms with Crippen molar-refractivity contribution in [2.75, 3.05) is 0 Å². The van der Waals surface area contributed by atoms with Crippen molar-refractivity contribution in [2.24, 2.45) is 10.4 Å². The molecule has 0 spiro atoms. The van der Waals surface area contributed by atoms with Crippen molar-refractivity contribution in [2.45, 2.75) is 33.6 Å². The largest absolute Gasteiger partial charge is 0.269 e. The first-order valence-electron chi connectivity index (χ1n) is 3.77. The minimum absolute atomic E-state index is 0.416. The smallest absolute Gasteiger partial charge is 0.0259 e. The Morgan fingerprint density at radius 1 is 1.50 bits per heavy atom. The Morgan fingerprint density at radius 3 is 2.60 bits per heavy atom. The molecule has 1 nitrogen and oxygen atoms in total. The molecule has 0 bridgehead atoms. The summed E-state index contributed by atoms with van der Waals surface area (Å²) >= 11 is 0. The Morgan fingerprint density at radius 2 is 2.20 bits per heavy atom. The Balaban J connectivity index is 2.41. The Labute approximate surface area is 62.9 Å². The van der Waals surface area contributed by atoms with Gasteiger partial charge < -0.3 is 0 Å². The number of aliphatic imine (C=N–C) groups is 1. The highest BCUT2D eigenvalue weighted by Crippen LogP contribution is 2.26. The highest BCUT2D eigenvalue weighted by molar-refractivity contribution is 5.65. The van der Waals surface area contributed by atoms with Gasteiger partial charge in [0.25, 0.3) is 0 Å². The molecule has 0 unspecified atom stereocenters. The average Bonchev–Trinajstić information content (AvgIpc) is 2.12. The summed E-state index contributed by atoms with van der Waals surface area (Å²) in [5.41, 5.74) is 1.88. The molecule has 0 aromatic carbocycles. The van der Waals surface area contributed by atoms with Crippen LogP contribution >= 0.6 is 0 Å². The maximum Gasteiger partial charge on any atom is 0.0259 e. The Kier molecular flexibility index (Phi) is 1.93. The van der Waals surface area contributed by atoms with E-state index in [2.05, 4.69) is 25.8 Å². The first-order chi connectivity index (χ1) is 4.58. The van der Waals surface area contributed by atoms with Crippen LogP contribution in [0.4, 0.5) is 0 Å². The number of nitrogens with zero attached hydrogens (tertiary/aromatic N) is 1. The molecule has 0 radical (unpaired) electrons. The summed E-state index contributed by atoms with van der Waals surface area (Å²) in [5.74, 6) is 0. The summed E-state index contributed by atoms with van der Waals surface area (Å²) in [6.45, 7) is 6.77. The zero-order valence-corrected chi connectivity index (χ0v) is 7.02. The fraction of sp³-hybridized carbons (Fsp3) is 0.667. The van der Waals surface area contributed by atoms with E-state index in [9.17, 15) is 0 Å². The van der Waals surface area contributed by atoms with Crippen molar-refractivity contribution in [1.29, 1.82) is 0 Å². The molecule has 0 fully saturated rings. The van der Waals surface area contributed by atoms with Gasteiger partial charge in [0, 0.05) is 18.8 Å². The van der Waals surface area contributed by atoms with Crippen LogP contribution in [0.1, 0.15) is 33.6 Å². The molecule has 0 aromatic rings. The van der Waals surface area contributed by atoms with E-state index in [1.54, 1.807) is 0 Å². The van der Waals surface area contributed by atoms with Gasteiger partial charge in [-0.2, -0.15) is 0 Å². The molecule has 1 aliphatic rings. The van der Waals surface area contributed by atoms with Crippen LogP contribution in [0.2, 0.25) is 0 Å². The van der Waals surface area contributed by atoms with E-state index >= 15 is 0 Å². The van der Waals surface area contributed by atoms with Gasteiger partial charge in [0.2, 0.25) is 0 Å². The molecular weight excluding hydrogens is 122 g/mol. The summed E-state index contributed by atoms with van der Waals surface area (Å²) in [6.07, 6.45) is 6.20. The number of hydrogen-bond acceptors (Lipinski definition) is 1. The van der Waals surface area contributed by atoms with E-state index in [1.165, 1.54) is 12.0 Å². The molecule has 0 aliphatic carbocycles. The van der Waals surface area contributed by atoms with E-state index in [1.807, 2.05) is 12.4 Å². The van der Waals surface area contributed by atoms with Crippen molar-refractivity contribution in [3.63, 3.8) is 0 Å². The van der Waals surface area contributed by atoms with Crippen molar-refractivity contribution in [3.05, 3.63) is 11.8 Å². The Bertz CT molecular complexity index is 170. The third kappa shape index (κ3) is 2.34. The van der Waals surface area contributed by atoms with Crippen LogP contribution in [0.5, 0.6) is 0 Å². The third-order valence-electron chi connectivity index (χ3n) is 1.47. The molecule has 1 heterocycles. The van der Waals surface area contributed by atoms with E-state index in [-0.39, 0.29) is 0 Å². The van der Waals surface area contributed by atoms with Gasteiger partial charge in [0.1, 0.15) is 0 Å². The fourth-order valence-corrected chi connectivity index (χ4v) is 1.18. The summed E-state index contributed by atoms with van der Waals surface area (Å²) < 4.78 is 0. The first-order valence-corrected chi connectivity index (χ1v) is 3.77. The second-order valence-corrected chi connectivity index (χ2v) is 4.06. The monoisotopic (exact) mass is 137 g/mol. The molecule has 1 heteroatoms. The highest BCUT2D eigenvalue weighted by Gasteiger charge is 2.13. The molecule has 10 heavy (non-hydrogen) atoms. The minimum atomic E-state index is 0.416. The van der Waals surface area contributed by atoms with Crippen LogP contribution in [0.3, 0.4) is 0 Å². The minimum Gasteiger partial charge on any atom is -0.269 e. The molecule has 1 rings (SSSR count). The van der Waals surface area contributed by atoms with Gasteiger partial charge in [-0.05, 0) is 17.4 Å². The van der Waals surface area contributed by atoms with Gasteiger partial charge in [-0.25, -0.2) is 0 Å². The van der Waals surface area contributed by atoms with Crippen molar-refractivity contribution >= 4 is 6.21 Å². The predicted octanol–water partition coefficient (Wildman–Crippen LogP) is 2.78. The lowest BCUT2D eigenvalue weighted by molar-refractivity contribution is 0.408. The van der Waals surface area contributed by atoms with Crippen molar-refractivity contribution in [3.8, 4) is 0 Å². The molecule has 0 aromatic heterocycles. The molecule has 1 aliphatic heterocycles. The molecular formula is C9H15N. The molecule has 0 atom stereocenters. The molecule has 0 saturated heterocycles. The lowest BCUT2D eigenvalue weighted by atomic mass is 9.88. The predicted molar refractivity (Wildman–Crippen MR) is 45.3 cm³/mol. The summed E-state index contributed by atoms with van der Waals surface area (Å²) in [6, 6.07) is 0. The van der Waals surface area contributed by atoms with Gasteiger partial charge >= 0.3 is 0 Å². The van der Waals surface area contributed by atoms with E-state index < -0.39 is 0 Å². The van der Waals surface area contributed by atoms with Gasteiger partial charge in [-0.3, -0.25) is 4.99 Å². The number of rotatable bonds is 1. The van der Waals surface area contributed by atoms with Crippen LogP contribution in [-0.2, 0) is 0 Å². The number of allylic oxidation sites excluding steroid dienone is 1. The maximum atomic E-state index is 4.06. The van der Waals surface area contributed by atoms with E-state index in [0.29, 0.717) is 5.41 Å². The van der Waals surface area contributed by atoms with Gasteiger partial charge in [0.05, 0.1) is 0 Å². The molecule has 0 N–H and O–H groups in total. The molecule has 0 saturated carbocycles. The normalized spacial score (nSPS) is 17.7. The van der Waals surface area contributed by atoms with Crippen LogP contribution < -0.4 is 0 Å². The summed E-state index contributed by atoms with van der Waals surface area (Å²) in [5, 5.41) is 0. The standard InChI is InChI=1S/C9H15N/c1-9(2,3)6-8-4-5-10-7-8/h5,7H,4,6H2,1-3H3. The van der Waals surface area contributed by atoms with E-state index in [0.717, 1.165) is 6.42 Å². The van der Waals surface area contributed by atoms with Crippen molar-refractivity contribution in [1.82, 2.24) is 0 Å². The summed E-state index contributed by atoms with van der Waals surface area (Å²) in [7, 11) is 0. The lowest BCUT2D eigenvalue weighted by Crippen LogP contribution is -2.05. The Hall–Kier alpha value is -0.590. The van der Waals surface area contributed by atoms with Crippen LogP contribution in [0, 0.1) is 5.41 Å². The second kappa shape index (κ2) is 2.57. The van der Waals surface area contributed by atoms with Crippen LogP contribution in [0.15, 0.2) is 16.8 Å². The quantitative estimate of drug-likeness (QED) is 0.527. The van der Waals surface area contributed by atoms with Gasteiger partial charge in [-0.15, -0.1) is 0 Å². The van der Waals surface area contributed by atoms with Gasteiger partial charge in [-0.1, -0.05) is 20.8 Å². The highest BCUT2D eigenvalue weighted by atomic mass is 14.7. The van der Waals surface area contributed by atoms with Gasteiger partial charge in [0.15, 0.2) is 0 Å². The SMILES string of the molecule is CC(C)(C)CC1=CN=CC1. The van der Waals surface area contributed by atoms with Crippen LogP contribution in [0.25, 0.3) is 0 Å². The lowest BCUT2D eigenvalue weighted by Gasteiger charge is -2.17. The maximum absolute atomic E-state index is 4.06. The average molecular weight is 137 g/mol. The number of hydrogen-bond donors (Lipinski definition) is 0.